The third kappa shape index (κ3) is 8430. The Balaban J connectivity index is -0.0000000720. The number of carbonyl (C=O) groups is 1. The monoisotopic (exact) mass is 138 g/mol. The molecule has 0 aliphatic rings. The molecule has 0 fully saturated rings. The van der Waals surface area contributed by atoms with Gasteiger partial charge in [-0.05, 0) is 0 Å². The molecule has 0 bridgehead atoms. The summed E-state index contributed by atoms with van der Waals surface area (Å²) in [4.78, 5) is 8.78. The molecule has 10 N–H and O–H groups in total. The van der Waals surface area contributed by atoms with Crippen LogP contribution in [0.15, 0.2) is 0 Å². The minimum absolute atomic E-state index is 0. The van der Waals surface area contributed by atoms with Crippen LogP contribution in [0.4, 0.5) is 4.79 Å². The summed E-state index contributed by atoms with van der Waals surface area (Å²) in [6, 6.07) is 0. The predicted octanol–water partition coefficient (Wildman–Crippen LogP) is -1.31. The highest BCUT2D eigenvalue weighted by atomic mass is 16.4. The van der Waals surface area contributed by atoms with Gasteiger partial charge in [-0.25, -0.2) is 4.79 Å². The van der Waals surface area contributed by atoms with Crippen molar-refractivity contribution in [1.29, 1.82) is 0 Å². The molecule has 0 radical (unpaired) electrons. The van der Waals surface area contributed by atoms with E-state index in [1.807, 2.05) is 0 Å². The molecule has 0 saturated heterocycles. The highest BCUT2D eigenvalue weighted by molar-refractivity contribution is 5.61. The van der Waals surface area contributed by atoms with Gasteiger partial charge in [-0.2, -0.15) is 0 Å². The Kier molecular flexibility index (Phi) is 27.4. The molecule has 0 spiro atoms. The first-order valence-electron chi connectivity index (χ1n) is 2.03. The van der Waals surface area contributed by atoms with Gasteiger partial charge in [0.15, 0.2) is 0 Å². The van der Waals surface area contributed by atoms with E-state index >= 15 is 0 Å². The van der Waals surface area contributed by atoms with Gasteiger partial charge in [-0.1, -0.05) is 0 Å². The summed E-state index contributed by atoms with van der Waals surface area (Å²) in [5.41, 5.74) is 13.8. The summed E-state index contributed by atoms with van der Waals surface area (Å²) in [5, 5.41) is 7.19. The lowest BCUT2D eigenvalue weighted by atomic mass is 10.7. The molecule has 6 nitrogen and oxygen atoms in total. The maximum absolute atomic E-state index is 8.78. The molecule has 9 heavy (non-hydrogen) atoms. The van der Waals surface area contributed by atoms with Crippen molar-refractivity contribution in [1.82, 2.24) is 6.15 Å². The predicted molar refractivity (Wildman–Crippen MR) is 35.3 cm³/mol. The van der Waals surface area contributed by atoms with Crippen LogP contribution in [-0.4, -0.2) is 24.3 Å². The van der Waals surface area contributed by atoms with Gasteiger partial charge in [0.25, 0.3) is 0 Å². The zero-order valence-electron chi connectivity index (χ0n) is 5.21. The van der Waals surface area contributed by atoms with Crippen LogP contribution in [0.25, 0.3) is 0 Å². The Morgan fingerprint density at radius 1 is 1.33 bits per heavy atom. The molecule has 0 heterocycles. The van der Waals surface area contributed by atoms with Crippen LogP contribution < -0.4 is 23.4 Å². The van der Waals surface area contributed by atoms with E-state index in [1.54, 1.807) is 0 Å². The van der Waals surface area contributed by atoms with Gasteiger partial charge in [0.1, 0.15) is 0 Å². The first kappa shape index (κ1) is 15.7. The minimum Gasteiger partial charge on any atom is -0.465 e. The standard InChI is InChI=1S/C2H8N2.CH3NO2.H3N/c3-1-2-4;2-1(3)4;/h1-4H2;2H2,(H,3,4);1H3. The molecule has 0 aliphatic heterocycles. The molecule has 0 aromatic carbocycles. The largest absolute Gasteiger partial charge is 0.465 e. The van der Waals surface area contributed by atoms with E-state index in [2.05, 4.69) is 5.73 Å². The van der Waals surface area contributed by atoms with E-state index in [-0.39, 0.29) is 6.15 Å². The van der Waals surface area contributed by atoms with E-state index in [1.165, 1.54) is 0 Å². The van der Waals surface area contributed by atoms with Crippen molar-refractivity contribution in [3.8, 4) is 0 Å². The van der Waals surface area contributed by atoms with Gasteiger partial charge in [-0.3, -0.25) is 0 Å². The zero-order valence-corrected chi connectivity index (χ0v) is 5.21. The van der Waals surface area contributed by atoms with Crippen molar-refractivity contribution in [3.05, 3.63) is 0 Å². The second kappa shape index (κ2) is 15.7. The highest BCUT2D eigenvalue weighted by Crippen LogP contribution is 1.34. The van der Waals surface area contributed by atoms with E-state index in [9.17, 15) is 0 Å². The van der Waals surface area contributed by atoms with Crippen molar-refractivity contribution in [2.75, 3.05) is 13.1 Å². The van der Waals surface area contributed by atoms with Gasteiger partial charge >= 0.3 is 6.09 Å². The number of hydrogen-bond donors (Lipinski definition) is 5. The fourth-order valence-corrected chi connectivity index (χ4v) is 0. The molecule has 58 valence electrons. The van der Waals surface area contributed by atoms with Gasteiger partial charge in [0.05, 0.1) is 0 Å². The summed E-state index contributed by atoms with van der Waals surface area (Å²) >= 11 is 0. The number of hydrogen-bond acceptors (Lipinski definition) is 4. The Bertz CT molecular complexity index is 51.8. The SMILES string of the molecule is N.NC(=O)O.NCCN. The summed E-state index contributed by atoms with van der Waals surface area (Å²) < 4.78 is 0. The van der Waals surface area contributed by atoms with E-state index in [0.29, 0.717) is 13.1 Å². The maximum atomic E-state index is 8.78. The quantitative estimate of drug-likeness (QED) is 0.304. The third-order valence-corrected chi connectivity index (χ3v) is 0.167. The van der Waals surface area contributed by atoms with Crippen LogP contribution in [0.1, 0.15) is 0 Å². The molecule has 6 heteroatoms. The second-order valence-electron chi connectivity index (χ2n) is 0.916. The average Bonchev–Trinajstić information content (AvgIpc) is 1.65. The second-order valence-corrected chi connectivity index (χ2v) is 0.916. The zero-order chi connectivity index (χ0) is 6.99. The molecular formula is C3H14N4O2. The fourth-order valence-electron chi connectivity index (χ4n) is 0. The van der Waals surface area contributed by atoms with Crippen molar-refractivity contribution in [2.24, 2.45) is 17.2 Å². The van der Waals surface area contributed by atoms with Crippen molar-refractivity contribution in [2.45, 2.75) is 0 Å². The van der Waals surface area contributed by atoms with E-state index in [0.717, 1.165) is 0 Å². The molecule has 0 aliphatic carbocycles. The molecule has 1 amide bonds. The van der Waals surface area contributed by atoms with Crippen LogP contribution in [0.2, 0.25) is 0 Å². The molecule has 0 atom stereocenters. The molecule has 0 aromatic heterocycles. The summed E-state index contributed by atoms with van der Waals surface area (Å²) in [6.45, 7) is 1.19. The summed E-state index contributed by atoms with van der Waals surface area (Å²) in [6.07, 6.45) is -1.33. The Morgan fingerprint density at radius 3 is 1.44 bits per heavy atom. The molecule has 0 saturated carbocycles. The number of carboxylic acid groups (broad SMARTS) is 1. The topological polar surface area (TPSA) is 150 Å². The highest BCUT2D eigenvalue weighted by Gasteiger charge is 1.65. The Hall–Kier alpha value is -0.850. The van der Waals surface area contributed by atoms with Crippen molar-refractivity contribution in [3.63, 3.8) is 0 Å². The van der Waals surface area contributed by atoms with Gasteiger partial charge in [0.2, 0.25) is 0 Å². The van der Waals surface area contributed by atoms with Crippen LogP contribution in [0, 0.1) is 0 Å². The normalized spacial score (nSPS) is 6.00. The first-order valence-corrected chi connectivity index (χ1v) is 2.03. The fraction of sp³-hybridized carbons (Fsp3) is 0.667. The first-order chi connectivity index (χ1) is 3.65. The lowest BCUT2D eigenvalue weighted by Gasteiger charge is -1.72. The number of rotatable bonds is 1. The van der Waals surface area contributed by atoms with Crippen molar-refractivity contribution < 1.29 is 9.90 Å². The number of nitrogens with two attached hydrogens (primary N) is 3. The molecule has 0 aromatic rings. The van der Waals surface area contributed by atoms with Crippen LogP contribution in [-0.2, 0) is 0 Å². The van der Waals surface area contributed by atoms with E-state index < -0.39 is 6.09 Å². The molecule has 0 rings (SSSR count). The number of amides is 1. The molecule has 0 unspecified atom stereocenters. The smallest absolute Gasteiger partial charge is 0.402 e. The maximum Gasteiger partial charge on any atom is 0.402 e. The van der Waals surface area contributed by atoms with Gasteiger partial charge in [-0.15, -0.1) is 0 Å². The van der Waals surface area contributed by atoms with Crippen LogP contribution in [0.3, 0.4) is 0 Å². The van der Waals surface area contributed by atoms with Crippen molar-refractivity contribution >= 4 is 6.09 Å². The summed E-state index contributed by atoms with van der Waals surface area (Å²) in [5.74, 6) is 0. The van der Waals surface area contributed by atoms with Gasteiger partial charge < -0.3 is 28.5 Å². The number of primary amides is 1. The van der Waals surface area contributed by atoms with Crippen LogP contribution >= 0.6 is 0 Å². The van der Waals surface area contributed by atoms with E-state index in [4.69, 9.17) is 21.4 Å². The Morgan fingerprint density at radius 2 is 1.44 bits per heavy atom. The minimum atomic E-state index is -1.33. The third-order valence-electron chi connectivity index (χ3n) is 0.167. The molecular weight excluding hydrogens is 124 g/mol. The summed E-state index contributed by atoms with van der Waals surface area (Å²) in [7, 11) is 0. The van der Waals surface area contributed by atoms with Gasteiger partial charge in [0, 0.05) is 13.1 Å². The lowest BCUT2D eigenvalue weighted by Crippen LogP contribution is -2.11. The lowest BCUT2D eigenvalue weighted by molar-refractivity contribution is 0.205. The Labute approximate surface area is 53.6 Å². The van der Waals surface area contributed by atoms with Crippen LogP contribution in [0.5, 0.6) is 0 Å². The average molecular weight is 138 g/mol.